The highest BCUT2D eigenvalue weighted by atomic mass is 16.3. The van der Waals surface area contributed by atoms with Gasteiger partial charge in [0.15, 0.2) is 0 Å². The second-order valence-electron chi connectivity index (χ2n) is 6.67. The summed E-state index contributed by atoms with van der Waals surface area (Å²) in [6.07, 6.45) is 3.85. The molecule has 0 saturated carbocycles. The minimum atomic E-state index is 0.0392. The van der Waals surface area contributed by atoms with Crippen molar-refractivity contribution in [3.05, 3.63) is 29.8 Å². The van der Waals surface area contributed by atoms with Gasteiger partial charge in [-0.2, -0.15) is 0 Å². The Balaban J connectivity index is 1.92. The van der Waals surface area contributed by atoms with Crippen LogP contribution in [0.4, 0.5) is 0 Å². The van der Waals surface area contributed by atoms with Crippen LogP contribution in [0.25, 0.3) is 0 Å². The highest BCUT2D eigenvalue weighted by molar-refractivity contribution is 5.77. The molecule has 3 rings (SSSR count). The maximum Gasteiger partial charge on any atom is 0.222 e. The van der Waals surface area contributed by atoms with E-state index >= 15 is 0 Å². The molecule has 3 atom stereocenters. The molecule has 0 spiro atoms. The van der Waals surface area contributed by atoms with Gasteiger partial charge in [0.05, 0.1) is 0 Å². The van der Waals surface area contributed by atoms with Gasteiger partial charge < -0.3 is 10.0 Å². The molecule has 2 fully saturated rings. The lowest BCUT2D eigenvalue weighted by Gasteiger charge is -2.51. The molecule has 1 amide bonds. The average Bonchev–Trinajstić information content (AvgIpc) is 2.41. The van der Waals surface area contributed by atoms with Crippen molar-refractivity contribution in [2.75, 3.05) is 6.54 Å². The molecule has 3 nitrogen and oxygen atoms in total. The van der Waals surface area contributed by atoms with Crippen LogP contribution in [-0.2, 0) is 10.2 Å². The first kappa shape index (κ1) is 13.5. The highest BCUT2D eigenvalue weighted by Crippen LogP contribution is 2.44. The lowest BCUT2D eigenvalue weighted by molar-refractivity contribution is -0.141. The van der Waals surface area contributed by atoms with E-state index < -0.39 is 0 Å². The third kappa shape index (κ3) is 2.09. The van der Waals surface area contributed by atoms with Crippen molar-refractivity contribution in [2.45, 2.75) is 51.0 Å². The van der Waals surface area contributed by atoms with E-state index in [0.29, 0.717) is 30.0 Å². The zero-order valence-electron chi connectivity index (χ0n) is 12.3. The lowest BCUT2D eigenvalue weighted by atomic mass is 9.65. The molecule has 0 aliphatic carbocycles. The van der Waals surface area contributed by atoms with Crippen molar-refractivity contribution < 1.29 is 9.90 Å². The van der Waals surface area contributed by atoms with Crippen LogP contribution in [0, 0.1) is 5.92 Å². The fourth-order valence-electron chi connectivity index (χ4n) is 3.91. The largest absolute Gasteiger partial charge is 0.508 e. The van der Waals surface area contributed by atoms with Crippen LogP contribution in [-0.4, -0.2) is 28.5 Å². The number of phenols is 1. The summed E-state index contributed by atoms with van der Waals surface area (Å²) in [4.78, 5) is 14.2. The van der Waals surface area contributed by atoms with Gasteiger partial charge in [-0.25, -0.2) is 0 Å². The van der Waals surface area contributed by atoms with Crippen LogP contribution >= 0.6 is 0 Å². The van der Waals surface area contributed by atoms with Crippen LogP contribution in [0.1, 0.15) is 45.1 Å². The van der Waals surface area contributed by atoms with Gasteiger partial charge >= 0.3 is 0 Å². The second-order valence-corrected chi connectivity index (χ2v) is 6.67. The number of phenolic OH excluding ortho intramolecular Hbond substituents is 1. The van der Waals surface area contributed by atoms with Crippen molar-refractivity contribution in [3.63, 3.8) is 0 Å². The summed E-state index contributed by atoms with van der Waals surface area (Å²) in [6, 6.07) is 8.00. The molecule has 3 heteroatoms. The SMILES string of the molecule is C[C@H]1CN2C(=O)CCC[C@@H]2C[C@@]1(C)c1cccc(O)c1. The Labute approximate surface area is 120 Å². The van der Waals surface area contributed by atoms with Crippen molar-refractivity contribution in [2.24, 2.45) is 5.92 Å². The van der Waals surface area contributed by atoms with Gasteiger partial charge in [0.25, 0.3) is 0 Å². The minimum absolute atomic E-state index is 0.0392. The number of aromatic hydroxyl groups is 1. The topological polar surface area (TPSA) is 40.5 Å². The molecule has 0 radical (unpaired) electrons. The molecular weight excluding hydrogens is 250 g/mol. The number of rotatable bonds is 1. The van der Waals surface area contributed by atoms with Crippen LogP contribution in [0.5, 0.6) is 5.75 Å². The standard InChI is InChI=1S/C17H23NO2/c1-12-11-18-14(6-4-8-16(18)20)10-17(12,2)13-5-3-7-15(19)9-13/h3,5,7,9,12,14,19H,4,6,8,10-11H2,1-2H3/t12-,14+,17+/m0/s1. The van der Waals surface area contributed by atoms with Gasteiger partial charge in [0.1, 0.15) is 5.75 Å². The van der Waals surface area contributed by atoms with Gasteiger partial charge in [-0.05, 0) is 48.3 Å². The molecule has 2 saturated heterocycles. The molecule has 0 aromatic heterocycles. The maximum absolute atomic E-state index is 12.1. The predicted octanol–water partition coefficient (Wildman–Crippen LogP) is 3.07. The van der Waals surface area contributed by atoms with E-state index in [9.17, 15) is 9.90 Å². The van der Waals surface area contributed by atoms with E-state index in [1.807, 2.05) is 12.1 Å². The normalized spacial score (nSPS) is 33.9. The van der Waals surface area contributed by atoms with Gasteiger partial charge in [-0.15, -0.1) is 0 Å². The van der Waals surface area contributed by atoms with Gasteiger partial charge in [-0.1, -0.05) is 26.0 Å². The van der Waals surface area contributed by atoms with Gasteiger partial charge in [0, 0.05) is 19.0 Å². The molecule has 0 unspecified atom stereocenters. The molecule has 2 heterocycles. The number of fused-ring (bicyclic) bond motifs is 1. The van der Waals surface area contributed by atoms with Crippen LogP contribution in [0.15, 0.2) is 24.3 Å². The Morgan fingerprint density at radius 3 is 2.95 bits per heavy atom. The summed E-state index contributed by atoms with van der Waals surface area (Å²) in [6.45, 7) is 5.35. The zero-order valence-corrected chi connectivity index (χ0v) is 12.3. The highest BCUT2D eigenvalue weighted by Gasteiger charge is 2.45. The number of nitrogens with zero attached hydrogens (tertiary/aromatic N) is 1. The van der Waals surface area contributed by atoms with Gasteiger partial charge in [0.2, 0.25) is 5.91 Å². The van der Waals surface area contributed by atoms with Crippen LogP contribution in [0.3, 0.4) is 0 Å². The Morgan fingerprint density at radius 1 is 1.40 bits per heavy atom. The number of piperidine rings is 2. The van der Waals surface area contributed by atoms with Crippen molar-refractivity contribution in [3.8, 4) is 5.75 Å². The number of carbonyl (C=O) groups excluding carboxylic acids is 1. The van der Waals surface area contributed by atoms with Crippen LogP contribution < -0.4 is 0 Å². The number of benzene rings is 1. The summed E-state index contributed by atoms with van der Waals surface area (Å²) in [5.41, 5.74) is 1.24. The number of hydrogen-bond acceptors (Lipinski definition) is 2. The van der Waals surface area contributed by atoms with E-state index in [4.69, 9.17) is 0 Å². The Morgan fingerprint density at radius 2 is 2.20 bits per heavy atom. The maximum atomic E-state index is 12.1. The van der Waals surface area contributed by atoms with Crippen molar-refractivity contribution >= 4 is 5.91 Å². The smallest absolute Gasteiger partial charge is 0.222 e. The lowest BCUT2D eigenvalue weighted by Crippen LogP contribution is -2.56. The molecule has 1 aromatic carbocycles. The van der Waals surface area contributed by atoms with E-state index in [-0.39, 0.29) is 5.41 Å². The second kappa shape index (κ2) is 4.80. The molecule has 1 N–H and O–H groups in total. The number of carbonyl (C=O) groups is 1. The quantitative estimate of drug-likeness (QED) is 0.854. The summed E-state index contributed by atoms with van der Waals surface area (Å²) >= 11 is 0. The third-order valence-electron chi connectivity index (χ3n) is 5.41. The summed E-state index contributed by atoms with van der Waals surface area (Å²) < 4.78 is 0. The first-order valence-corrected chi connectivity index (χ1v) is 7.60. The fourth-order valence-corrected chi connectivity index (χ4v) is 3.91. The van der Waals surface area contributed by atoms with E-state index in [1.165, 1.54) is 5.56 Å². The zero-order chi connectivity index (χ0) is 14.3. The molecule has 2 aliphatic heterocycles. The fraction of sp³-hybridized carbons (Fsp3) is 0.588. The molecule has 1 aromatic rings. The van der Waals surface area contributed by atoms with Crippen molar-refractivity contribution in [1.29, 1.82) is 0 Å². The summed E-state index contributed by atoms with van der Waals surface area (Å²) in [5, 5.41) is 9.75. The average molecular weight is 273 g/mol. The van der Waals surface area contributed by atoms with Crippen molar-refractivity contribution in [1.82, 2.24) is 4.90 Å². The van der Waals surface area contributed by atoms with Gasteiger partial charge in [-0.3, -0.25) is 4.79 Å². The molecule has 2 aliphatic rings. The van der Waals surface area contributed by atoms with E-state index in [1.54, 1.807) is 6.07 Å². The molecular formula is C17H23NO2. The number of hydrogen-bond donors (Lipinski definition) is 1. The van der Waals surface area contributed by atoms with Crippen LogP contribution in [0.2, 0.25) is 0 Å². The summed E-state index contributed by atoms with van der Waals surface area (Å²) in [5.74, 6) is 1.06. The Kier molecular flexibility index (Phi) is 3.23. The van der Waals surface area contributed by atoms with E-state index in [0.717, 1.165) is 25.8 Å². The first-order valence-electron chi connectivity index (χ1n) is 7.60. The minimum Gasteiger partial charge on any atom is -0.508 e. The molecule has 108 valence electrons. The predicted molar refractivity (Wildman–Crippen MR) is 78.6 cm³/mol. The molecule has 20 heavy (non-hydrogen) atoms. The number of amides is 1. The first-order chi connectivity index (χ1) is 9.50. The monoisotopic (exact) mass is 273 g/mol. The Hall–Kier alpha value is -1.51. The Bertz CT molecular complexity index is 527. The van der Waals surface area contributed by atoms with E-state index in [2.05, 4.69) is 24.8 Å². The summed E-state index contributed by atoms with van der Waals surface area (Å²) in [7, 11) is 0. The molecule has 0 bridgehead atoms. The third-order valence-corrected chi connectivity index (χ3v) is 5.41.